The fraction of sp³-hybridized carbons (Fsp3) is 0.417. The van der Waals surface area contributed by atoms with Crippen LogP contribution in [0.3, 0.4) is 0 Å². The molecule has 3 aromatic rings. The number of nitrogens with one attached hydrogen (secondary N) is 2. The Balaban J connectivity index is 1.86. The largest absolute Gasteiger partial charge is 0.495 e. The van der Waals surface area contributed by atoms with Gasteiger partial charge in [0.15, 0.2) is 0 Å². The van der Waals surface area contributed by atoms with Gasteiger partial charge in [0.1, 0.15) is 5.75 Å². The Morgan fingerprint density at radius 3 is 2.27 bits per heavy atom. The van der Waals surface area contributed by atoms with Gasteiger partial charge >= 0.3 is 5.97 Å². The van der Waals surface area contributed by atoms with Gasteiger partial charge in [-0.1, -0.05) is 82.1 Å². The van der Waals surface area contributed by atoms with E-state index in [-0.39, 0.29) is 53.3 Å². The normalized spacial score (nSPS) is 21.5. The maximum absolute atomic E-state index is 15.0. The van der Waals surface area contributed by atoms with Crippen LogP contribution < -0.4 is 10.1 Å². The summed E-state index contributed by atoms with van der Waals surface area (Å²) in [5.74, 6) is -2.27. The second kappa shape index (κ2) is 14.9. The summed E-state index contributed by atoms with van der Waals surface area (Å²) < 4.78 is 27.8. The Bertz CT molecular complexity index is 1780. The van der Waals surface area contributed by atoms with Gasteiger partial charge < -0.3 is 20.1 Å². The van der Waals surface area contributed by atoms with Crippen molar-refractivity contribution in [3.05, 3.63) is 93.5 Å². The third-order valence-electron chi connectivity index (χ3n) is 9.17. The molecule has 1 saturated heterocycles. The highest BCUT2D eigenvalue weighted by atomic mass is 35.5. The highest BCUT2D eigenvalue weighted by Gasteiger charge is 2.53. The number of piperidine rings is 1. The van der Waals surface area contributed by atoms with Crippen molar-refractivity contribution in [1.29, 1.82) is 4.78 Å². The number of rotatable bonds is 12. The fourth-order valence-electron chi connectivity index (χ4n) is 6.43. The number of ether oxygens (including phenoxy) is 1. The molecule has 1 heterocycles. The molecular weight excluding hydrogens is 673 g/mol. The summed E-state index contributed by atoms with van der Waals surface area (Å²) in [4.78, 5) is 42.1. The van der Waals surface area contributed by atoms with Crippen molar-refractivity contribution in [2.45, 2.75) is 70.7 Å². The molecule has 1 fully saturated rings. The van der Waals surface area contributed by atoms with Crippen molar-refractivity contribution >= 4 is 56.4 Å². The van der Waals surface area contributed by atoms with Crippen LogP contribution in [0.2, 0.25) is 10.0 Å². The highest BCUT2D eigenvalue weighted by Crippen LogP contribution is 2.53. The predicted molar refractivity (Wildman–Crippen MR) is 191 cm³/mol. The quantitative estimate of drug-likeness (QED) is 0.173. The molecule has 0 radical (unpaired) electrons. The topological polar surface area (TPSA) is 137 Å². The molecule has 1 aliphatic rings. The van der Waals surface area contributed by atoms with Crippen molar-refractivity contribution in [1.82, 2.24) is 4.90 Å². The summed E-state index contributed by atoms with van der Waals surface area (Å²) in [7, 11) is -1.73. The van der Waals surface area contributed by atoms with E-state index >= 15 is 4.79 Å². The zero-order chi connectivity index (χ0) is 35.6. The van der Waals surface area contributed by atoms with E-state index in [9.17, 15) is 18.9 Å². The van der Waals surface area contributed by atoms with Gasteiger partial charge in [0.05, 0.1) is 35.6 Å². The smallest absolute Gasteiger partial charge is 0.335 e. The van der Waals surface area contributed by atoms with Crippen LogP contribution in [-0.2, 0) is 19.3 Å². The van der Waals surface area contributed by atoms with Crippen molar-refractivity contribution in [2.75, 3.05) is 18.2 Å². The molecule has 0 saturated carbocycles. The van der Waals surface area contributed by atoms with E-state index < -0.39 is 44.4 Å². The molecule has 258 valence electrons. The first-order chi connectivity index (χ1) is 22.5. The minimum Gasteiger partial charge on any atom is -0.495 e. The molecule has 3 N–H and O–H groups in total. The average molecular weight is 717 g/mol. The van der Waals surface area contributed by atoms with Crippen LogP contribution in [0, 0.1) is 16.1 Å². The van der Waals surface area contributed by atoms with Crippen LogP contribution >= 0.6 is 23.2 Å². The Hall–Kier alpha value is -3.60. The molecule has 3 aromatic carbocycles. The van der Waals surface area contributed by atoms with Crippen molar-refractivity contribution in [3.63, 3.8) is 0 Å². The number of halogens is 2. The van der Waals surface area contributed by atoms with Crippen LogP contribution in [0.1, 0.15) is 80.9 Å². The summed E-state index contributed by atoms with van der Waals surface area (Å²) >= 11 is 12.8. The third kappa shape index (κ3) is 8.15. The minimum absolute atomic E-state index is 0.000358. The van der Waals surface area contributed by atoms with Crippen LogP contribution in [0.5, 0.6) is 5.75 Å². The molecule has 1 unspecified atom stereocenters. The average Bonchev–Trinajstić information content (AvgIpc) is 3.01. The Labute approximate surface area is 292 Å². The zero-order valence-corrected chi connectivity index (χ0v) is 30.3. The molecule has 9 nitrogen and oxygen atoms in total. The lowest BCUT2D eigenvalue weighted by Crippen LogP contribution is -2.59. The number of amides is 2. The number of likely N-dealkylation sites (tertiary alicyclic amines) is 1. The second-order valence-electron chi connectivity index (χ2n) is 13.3. The zero-order valence-electron chi connectivity index (χ0n) is 28.0. The van der Waals surface area contributed by atoms with Gasteiger partial charge in [-0.3, -0.25) is 14.4 Å². The molecule has 5 atom stereocenters. The number of carbonyl (C=O) groups excluding carboxylic acids is 2. The lowest BCUT2D eigenvalue weighted by molar-refractivity contribution is -0.157. The molecule has 12 heteroatoms. The highest BCUT2D eigenvalue weighted by molar-refractivity contribution is 7.93. The van der Waals surface area contributed by atoms with Gasteiger partial charge in [-0.2, -0.15) is 0 Å². The lowest BCUT2D eigenvalue weighted by atomic mass is 9.66. The van der Waals surface area contributed by atoms with Crippen LogP contribution in [0.4, 0.5) is 5.69 Å². The Morgan fingerprint density at radius 1 is 1.04 bits per heavy atom. The number of carboxylic acids is 1. The van der Waals surface area contributed by atoms with Crippen LogP contribution in [0.15, 0.2) is 66.7 Å². The number of carbonyl (C=O) groups is 3. The van der Waals surface area contributed by atoms with Gasteiger partial charge in [-0.25, -0.2) is 9.00 Å². The predicted octanol–water partition coefficient (Wildman–Crippen LogP) is 8.27. The van der Waals surface area contributed by atoms with Gasteiger partial charge in [-0.15, -0.1) is 0 Å². The number of aromatic carboxylic acids is 1. The molecular formula is C36H43Cl2N3O6S. The van der Waals surface area contributed by atoms with Gasteiger partial charge in [-0.05, 0) is 65.9 Å². The molecule has 0 bridgehead atoms. The van der Waals surface area contributed by atoms with Crippen molar-refractivity contribution in [3.8, 4) is 5.75 Å². The van der Waals surface area contributed by atoms with Crippen LogP contribution in [-0.4, -0.2) is 56.2 Å². The second-order valence-corrected chi connectivity index (χ2v) is 16.9. The number of nitrogens with zero attached hydrogens (tertiary/aromatic N) is 1. The lowest BCUT2D eigenvalue weighted by Gasteiger charge is -2.53. The Morgan fingerprint density at radius 2 is 1.71 bits per heavy atom. The first kappa shape index (κ1) is 37.2. The number of anilines is 1. The molecule has 0 spiro atoms. The molecule has 2 amide bonds. The summed E-state index contributed by atoms with van der Waals surface area (Å²) in [5.41, 5.74) is 0.726. The van der Waals surface area contributed by atoms with E-state index in [1.807, 2.05) is 44.2 Å². The number of hydrogen-bond acceptors (Lipinski definition) is 6. The molecule has 1 aliphatic heterocycles. The van der Waals surface area contributed by atoms with E-state index in [0.29, 0.717) is 10.0 Å². The maximum atomic E-state index is 15.0. The molecule has 4 rings (SSSR count). The number of carboxylic acid groups (broad SMARTS) is 1. The molecule has 48 heavy (non-hydrogen) atoms. The van der Waals surface area contributed by atoms with Crippen molar-refractivity contribution < 1.29 is 28.4 Å². The summed E-state index contributed by atoms with van der Waals surface area (Å²) in [6.07, 6.45) is 0.0749. The molecule has 0 aromatic heterocycles. The van der Waals surface area contributed by atoms with Gasteiger partial charge in [0, 0.05) is 43.4 Å². The third-order valence-corrected chi connectivity index (χ3v) is 12.0. The standard InChI is InChI=1S/C36H43Cl2N3O6S/c1-21(2)30(20-48(39,46)22(3)4)41-33(23-10-13-26(37)14-11-23)28(24-8-7-9-27(38)16-24)18-36(5,35(41)45)19-32(42)40-29-15-12-25(34(43)44)17-31(29)47-6/h7-17,21-22,28,30,33,39H,18-20H2,1-6H3,(H,40,42)(H,43,44)/t28-,30-,33-,36-,48?/m1/s1. The summed E-state index contributed by atoms with van der Waals surface area (Å²) in [6.45, 7) is 9.17. The van der Waals surface area contributed by atoms with E-state index in [1.165, 1.54) is 25.3 Å². The van der Waals surface area contributed by atoms with E-state index in [0.717, 1.165) is 11.1 Å². The SMILES string of the molecule is COc1cc(C(=O)O)ccc1NC(=O)C[C@@]1(C)C[C@H](c2cccc(Cl)c2)[C@@H](c2ccc(Cl)cc2)N([C@H](CS(=N)(=O)C(C)C)C(C)C)C1=O. The van der Waals surface area contributed by atoms with Gasteiger partial charge in [0.25, 0.3) is 0 Å². The number of benzene rings is 3. The van der Waals surface area contributed by atoms with E-state index in [1.54, 1.807) is 43.9 Å². The summed E-state index contributed by atoms with van der Waals surface area (Å²) in [6, 6.07) is 17.7. The first-order valence-electron chi connectivity index (χ1n) is 15.8. The Kier molecular flexibility index (Phi) is 11.5. The summed E-state index contributed by atoms with van der Waals surface area (Å²) in [5, 5.41) is 12.8. The minimum atomic E-state index is -3.11. The number of methoxy groups -OCH3 is 1. The fourth-order valence-corrected chi connectivity index (χ4v) is 8.19. The molecule has 0 aliphatic carbocycles. The van der Waals surface area contributed by atoms with E-state index in [4.69, 9.17) is 32.7 Å². The number of hydrogen-bond donors (Lipinski definition) is 3. The van der Waals surface area contributed by atoms with Gasteiger partial charge in [0.2, 0.25) is 11.8 Å². The first-order valence-corrected chi connectivity index (χ1v) is 18.3. The van der Waals surface area contributed by atoms with Crippen LogP contribution in [0.25, 0.3) is 0 Å². The van der Waals surface area contributed by atoms with E-state index in [2.05, 4.69) is 5.32 Å². The maximum Gasteiger partial charge on any atom is 0.335 e. The van der Waals surface area contributed by atoms with Crippen molar-refractivity contribution in [2.24, 2.45) is 11.3 Å². The monoisotopic (exact) mass is 715 g/mol.